The van der Waals surface area contributed by atoms with E-state index in [1.54, 1.807) is 4.90 Å². The van der Waals surface area contributed by atoms with Gasteiger partial charge in [-0.3, -0.25) is 9.69 Å². The quantitative estimate of drug-likeness (QED) is 0.417. The highest BCUT2D eigenvalue weighted by Crippen LogP contribution is 2.41. The lowest BCUT2D eigenvalue weighted by Gasteiger charge is -2.34. The molecule has 0 radical (unpaired) electrons. The maximum atomic E-state index is 12.6. The van der Waals surface area contributed by atoms with Crippen LogP contribution in [0.3, 0.4) is 0 Å². The van der Waals surface area contributed by atoms with Crippen molar-refractivity contribution in [2.45, 2.75) is 64.5 Å². The first-order chi connectivity index (χ1) is 17.9. The van der Waals surface area contributed by atoms with E-state index in [0.29, 0.717) is 30.2 Å². The Labute approximate surface area is 216 Å². The van der Waals surface area contributed by atoms with Crippen molar-refractivity contribution in [1.82, 2.24) is 9.55 Å². The average Bonchev–Trinajstić information content (AvgIpc) is 3.31. The summed E-state index contributed by atoms with van der Waals surface area (Å²) in [6.45, 7) is 3.94. The molecule has 2 heterocycles. The van der Waals surface area contributed by atoms with Crippen molar-refractivity contribution in [3.05, 3.63) is 59.9 Å². The lowest BCUT2D eigenvalue weighted by molar-refractivity contribution is -0.143. The van der Waals surface area contributed by atoms with E-state index in [1.807, 2.05) is 62.4 Å². The first-order valence-electron chi connectivity index (χ1n) is 13.0. The van der Waals surface area contributed by atoms with Crippen LogP contribution in [0.5, 0.6) is 5.75 Å². The molecule has 0 bridgehead atoms. The Bertz CT molecular complexity index is 1350. The number of methoxy groups -OCH3 is 1. The zero-order valence-corrected chi connectivity index (χ0v) is 21.5. The largest absolute Gasteiger partial charge is 0.481 e. The number of anilines is 1. The lowest BCUT2D eigenvalue weighted by Crippen LogP contribution is -2.42. The molecule has 0 spiro atoms. The number of carbonyl (C=O) groups is 2. The summed E-state index contributed by atoms with van der Waals surface area (Å²) in [6.07, 6.45) is 6.03. The summed E-state index contributed by atoms with van der Waals surface area (Å²) in [5.41, 5.74) is 3.57. The van der Waals surface area contributed by atoms with Gasteiger partial charge < -0.3 is 19.1 Å². The van der Waals surface area contributed by atoms with Gasteiger partial charge in [-0.05, 0) is 76.3 Å². The topological polar surface area (TPSA) is 93.9 Å². The van der Waals surface area contributed by atoms with Crippen LogP contribution >= 0.6 is 0 Å². The number of imidazole rings is 1. The monoisotopic (exact) mass is 503 g/mol. The van der Waals surface area contributed by atoms with E-state index in [1.165, 1.54) is 7.11 Å². The van der Waals surface area contributed by atoms with Gasteiger partial charge in [0.05, 0.1) is 29.7 Å². The number of carboxylic acids is 1. The van der Waals surface area contributed by atoms with Crippen LogP contribution in [-0.2, 0) is 16.0 Å². The molecule has 37 heavy (non-hydrogen) atoms. The number of rotatable bonds is 5. The molecular formula is C29H33N3O5. The molecule has 0 unspecified atom stereocenters. The predicted molar refractivity (Wildman–Crippen MR) is 142 cm³/mol. The molecule has 2 aromatic carbocycles. The number of ether oxygens (including phenoxy) is 2. The molecule has 8 nitrogen and oxygen atoms in total. The van der Waals surface area contributed by atoms with Gasteiger partial charge in [0.2, 0.25) is 0 Å². The molecule has 5 rings (SSSR count). The van der Waals surface area contributed by atoms with Crippen LogP contribution in [0.2, 0.25) is 0 Å². The predicted octanol–water partition coefficient (Wildman–Crippen LogP) is 6.20. The Morgan fingerprint density at radius 3 is 2.59 bits per heavy atom. The highest BCUT2D eigenvalue weighted by Gasteiger charge is 2.35. The van der Waals surface area contributed by atoms with E-state index in [2.05, 4.69) is 4.57 Å². The van der Waals surface area contributed by atoms with Crippen LogP contribution < -0.4 is 9.64 Å². The number of carboxylic acid groups (broad SMARTS) is 1. The summed E-state index contributed by atoms with van der Waals surface area (Å²) in [5, 5.41) is 9.76. The van der Waals surface area contributed by atoms with Crippen molar-refractivity contribution in [1.29, 1.82) is 0 Å². The van der Waals surface area contributed by atoms with E-state index >= 15 is 0 Å². The maximum absolute atomic E-state index is 12.6. The minimum Gasteiger partial charge on any atom is -0.481 e. The van der Waals surface area contributed by atoms with Crippen LogP contribution in [0.1, 0.15) is 63.4 Å². The van der Waals surface area contributed by atoms with Crippen LogP contribution in [0.15, 0.2) is 48.5 Å². The standard InChI is InChI=1S/C29H33N3O5/c1-4-25(37-21-11-6-5-7-12-21)27-30-26-22-14-13-18(2)31(29(35)36-3)23(22)15-16-24(26)32(27)20-10-8-9-19(17-20)28(33)34/h4-7,11-12,15-16,18-20H,8-10,13-14,17H2,1-3H3,(H,33,34)/b25-4-/t18-,19+,20+/m0/s1. The number of nitrogens with zero attached hydrogens (tertiary/aromatic N) is 3. The van der Waals surface area contributed by atoms with Crippen molar-refractivity contribution in [2.24, 2.45) is 5.92 Å². The normalized spacial score (nSPS) is 22.0. The Morgan fingerprint density at radius 1 is 1.11 bits per heavy atom. The second-order valence-corrected chi connectivity index (χ2v) is 9.89. The summed E-state index contributed by atoms with van der Waals surface area (Å²) in [5.74, 6) is 0.856. The minimum atomic E-state index is -0.748. The zero-order chi connectivity index (χ0) is 26.1. The van der Waals surface area contributed by atoms with Crippen LogP contribution in [-0.4, -0.2) is 39.9 Å². The molecule has 1 aliphatic heterocycles. The lowest BCUT2D eigenvalue weighted by atomic mass is 9.85. The number of hydrogen-bond donors (Lipinski definition) is 1. The number of hydrogen-bond acceptors (Lipinski definition) is 5. The molecule has 3 aromatic rings. The van der Waals surface area contributed by atoms with Crippen LogP contribution in [0.4, 0.5) is 10.5 Å². The molecule has 2 aliphatic rings. The fourth-order valence-electron chi connectivity index (χ4n) is 5.79. The summed E-state index contributed by atoms with van der Waals surface area (Å²) in [4.78, 5) is 31.4. The van der Waals surface area contributed by atoms with E-state index in [-0.39, 0.29) is 24.1 Å². The number of aromatic nitrogens is 2. The number of para-hydroxylation sites is 1. The third-order valence-electron chi connectivity index (χ3n) is 7.64. The van der Waals surface area contributed by atoms with Gasteiger partial charge in [0, 0.05) is 17.6 Å². The smallest absolute Gasteiger partial charge is 0.414 e. The molecule has 1 amide bonds. The molecular weight excluding hydrogens is 470 g/mol. The van der Waals surface area contributed by atoms with Gasteiger partial charge in [-0.25, -0.2) is 9.78 Å². The number of benzene rings is 2. The number of aryl methyl sites for hydroxylation is 1. The Hall–Kier alpha value is -3.81. The maximum Gasteiger partial charge on any atom is 0.414 e. The molecule has 1 aliphatic carbocycles. The van der Waals surface area contributed by atoms with Crippen molar-refractivity contribution >= 4 is 34.5 Å². The highest BCUT2D eigenvalue weighted by atomic mass is 16.5. The number of carbonyl (C=O) groups excluding carboxylic acids is 1. The molecule has 1 N–H and O–H groups in total. The first kappa shape index (κ1) is 24.9. The summed E-state index contributed by atoms with van der Waals surface area (Å²) < 4.78 is 13.6. The summed E-state index contributed by atoms with van der Waals surface area (Å²) in [6, 6.07) is 13.5. The van der Waals surface area contributed by atoms with Gasteiger partial charge in [0.15, 0.2) is 11.6 Å². The Kier molecular flexibility index (Phi) is 6.91. The molecule has 0 saturated heterocycles. The van der Waals surface area contributed by atoms with Gasteiger partial charge >= 0.3 is 12.1 Å². The number of aliphatic carboxylic acids is 1. The second kappa shape index (κ2) is 10.3. The van der Waals surface area contributed by atoms with Gasteiger partial charge in [-0.15, -0.1) is 0 Å². The van der Waals surface area contributed by atoms with E-state index in [4.69, 9.17) is 14.5 Å². The van der Waals surface area contributed by atoms with Crippen molar-refractivity contribution in [3.63, 3.8) is 0 Å². The van der Waals surface area contributed by atoms with Crippen molar-refractivity contribution in [3.8, 4) is 5.75 Å². The second-order valence-electron chi connectivity index (χ2n) is 9.89. The molecule has 1 saturated carbocycles. The van der Waals surface area contributed by atoms with E-state index in [9.17, 15) is 14.7 Å². The van der Waals surface area contributed by atoms with Gasteiger partial charge in [-0.2, -0.15) is 0 Å². The minimum absolute atomic E-state index is 0.0149. The highest BCUT2D eigenvalue weighted by molar-refractivity contribution is 5.96. The SMILES string of the molecule is C/C=C(\Oc1ccccc1)c1nc2c3c(ccc2n1[C@@H]1CCC[C@@H](C(=O)O)C1)N(C(=O)OC)[C@@H](C)CC3. The number of amides is 1. The van der Waals surface area contributed by atoms with Gasteiger partial charge in [0.25, 0.3) is 0 Å². The fraction of sp³-hybridized carbons (Fsp3) is 0.414. The van der Waals surface area contributed by atoms with E-state index in [0.717, 1.165) is 48.0 Å². The number of fused-ring (bicyclic) bond motifs is 3. The molecule has 194 valence electrons. The van der Waals surface area contributed by atoms with E-state index < -0.39 is 5.97 Å². The van der Waals surface area contributed by atoms with Crippen molar-refractivity contribution in [2.75, 3.05) is 12.0 Å². The summed E-state index contributed by atoms with van der Waals surface area (Å²) >= 11 is 0. The molecule has 1 fully saturated rings. The third kappa shape index (κ3) is 4.56. The Balaban J connectivity index is 1.68. The van der Waals surface area contributed by atoms with Gasteiger partial charge in [0.1, 0.15) is 5.75 Å². The molecule has 1 aromatic heterocycles. The third-order valence-corrected chi connectivity index (χ3v) is 7.64. The molecule has 3 atom stereocenters. The van der Waals surface area contributed by atoms with Crippen LogP contribution in [0.25, 0.3) is 16.8 Å². The summed E-state index contributed by atoms with van der Waals surface area (Å²) in [7, 11) is 1.40. The Morgan fingerprint density at radius 2 is 1.89 bits per heavy atom. The fourth-order valence-corrected chi connectivity index (χ4v) is 5.79. The molecule has 8 heteroatoms. The van der Waals surface area contributed by atoms with Gasteiger partial charge in [-0.1, -0.05) is 24.6 Å². The zero-order valence-electron chi connectivity index (χ0n) is 21.5. The van der Waals surface area contributed by atoms with Crippen LogP contribution in [0, 0.1) is 5.92 Å². The average molecular weight is 504 g/mol. The number of allylic oxidation sites excluding steroid dienone is 1. The van der Waals surface area contributed by atoms with Crippen molar-refractivity contribution < 1.29 is 24.2 Å². The first-order valence-corrected chi connectivity index (χ1v) is 13.0.